The molecule has 1 rings (SSSR count). The Morgan fingerprint density at radius 2 is 2.05 bits per heavy atom. The molecule has 1 aliphatic rings. The average Bonchev–Trinajstić information content (AvgIpc) is 2.65. The van der Waals surface area contributed by atoms with Gasteiger partial charge in [0, 0.05) is 12.6 Å². The lowest BCUT2D eigenvalue weighted by atomic mass is 10.2. The lowest BCUT2D eigenvalue weighted by molar-refractivity contribution is -0.123. The first-order valence-corrected chi connectivity index (χ1v) is 8.83. The number of nitrogens with one attached hydrogen (secondary N) is 2. The number of rotatable bonds is 7. The van der Waals surface area contributed by atoms with Gasteiger partial charge in [-0.1, -0.05) is 13.3 Å². The van der Waals surface area contributed by atoms with Gasteiger partial charge in [-0.2, -0.15) is 0 Å². The Labute approximate surface area is 116 Å². The lowest BCUT2D eigenvalue weighted by Crippen LogP contribution is -2.47. The molecule has 6 heteroatoms. The first-order chi connectivity index (χ1) is 8.86. The Bertz CT molecular complexity index is 395. The zero-order chi connectivity index (χ0) is 14.5. The second-order valence-electron chi connectivity index (χ2n) is 5.46. The van der Waals surface area contributed by atoms with Crippen molar-refractivity contribution in [3.05, 3.63) is 0 Å². The molecular weight excluding hydrogens is 264 g/mol. The van der Waals surface area contributed by atoms with Crippen LogP contribution < -0.4 is 10.6 Å². The van der Waals surface area contributed by atoms with Gasteiger partial charge in [-0.25, -0.2) is 8.42 Å². The van der Waals surface area contributed by atoms with Crippen molar-refractivity contribution in [3.63, 3.8) is 0 Å². The zero-order valence-electron chi connectivity index (χ0n) is 12.1. The monoisotopic (exact) mass is 290 g/mol. The molecule has 1 saturated heterocycles. The molecule has 0 aliphatic carbocycles. The molecular formula is C13H26N2O3S. The van der Waals surface area contributed by atoms with E-state index in [1.54, 1.807) is 6.92 Å². The van der Waals surface area contributed by atoms with Crippen LogP contribution in [0.25, 0.3) is 0 Å². The summed E-state index contributed by atoms with van der Waals surface area (Å²) in [6.45, 7) is 6.21. The molecule has 0 bridgehead atoms. The van der Waals surface area contributed by atoms with E-state index in [9.17, 15) is 13.2 Å². The predicted molar refractivity (Wildman–Crippen MR) is 76.8 cm³/mol. The fourth-order valence-electron chi connectivity index (χ4n) is 2.36. The van der Waals surface area contributed by atoms with Gasteiger partial charge in [-0.3, -0.25) is 4.79 Å². The van der Waals surface area contributed by atoms with Crippen molar-refractivity contribution < 1.29 is 13.2 Å². The van der Waals surface area contributed by atoms with Crippen molar-refractivity contribution >= 4 is 15.7 Å². The maximum Gasteiger partial charge on any atom is 0.237 e. The van der Waals surface area contributed by atoms with Crippen LogP contribution in [-0.2, 0) is 14.6 Å². The molecule has 0 aromatic heterocycles. The molecule has 0 saturated carbocycles. The maximum atomic E-state index is 11.9. The molecule has 3 unspecified atom stereocenters. The highest BCUT2D eigenvalue weighted by Gasteiger charge is 2.31. The minimum absolute atomic E-state index is 0.0589. The average molecular weight is 290 g/mol. The fourth-order valence-corrected chi connectivity index (χ4v) is 4.14. The van der Waals surface area contributed by atoms with Crippen molar-refractivity contribution in [3.8, 4) is 0 Å². The number of carbonyl (C=O) groups excluding carboxylic acids is 1. The van der Waals surface area contributed by atoms with Gasteiger partial charge in [0.25, 0.3) is 0 Å². The highest BCUT2D eigenvalue weighted by molar-refractivity contribution is 7.92. The summed E-state index contributed by atoms with van der Waals surface area (Å²) in [4.78, 5) is 11.9. The second kappa shape index (κ2) is 7.24. The first-order valence-electron chi connectivity index (χ1n) is 7.12. The van der Waals surface area contributed by atoms with E-state index in [-0.39, 0.29) is 29.0 Å². The zero-order valence-corrected chi connectivity index (χ0v) is 12.9. The Kier molecular flexibility index (Phi) is 6.26. The first kappa shape index (κ1) is 16.4. The van der Waals surface area contributed by atoms with E-state index in [0.717, 1.165) is 19.3 Å². The molecule has 112 valence electrons. The van der Waals surface area contributed by atoms with Crippen LogP contribution in [0.3, 0.4) is 0 Å². The van der Waals surface area contributed by atoms with Crippen molar-refractivity contribution in [2.45, 2.75) is 63.8 Å². The summed E-state index contributed by atoms with van der Waals surface area (Å²) in [7, 11) is -2.93. The van der Waals surface area contributed by atoms with Gasteiger partial charge in [0.05, 0.1) is 17.0 Å². The van der Waals surface area contributed by atoms with E-state index in [2.05, 4.69) is 17.6 Å². The standard InChI is InChI=1S/C13H26N2O3S/c1-4-6-10(2)15-13(16)11(3)14-9-12-7-5-8-19(12,17)18/h10-12,14H,4-9H2,1-3H3,(H,15,16). The van der Waals surface area contributed by atoms with E-state index in [1.807, 2.05) is 6.92 Å². The number of hydrogen-bond donors (Lipinski definition) is 2. The van der Waals surface area contributed by atoms with Gasteiger partial charge in [-0.15, -0.1) is 0 Å². The molecule has 0 radical (unpaired) electrons. The smallest absolute Gasteiger partial charge is 0.237 e. The summed E-state index contributed by atoms with van der Waals surface area (Å²) in [5.41, 5.74) is 0. The molecule has 0 spiro atoms. The summed E-state index contributed by atoms with van der Waals surface area (Å²) in [5, 5.41) is 5.64. The van der Waals surface area contributed by atoms with Crippen LogP contribution in [0.1, 0.15) is 46.5 Å². The minimum atomic E-state index is -2.93. The van der Waals surface area contributed by atoms with Gasteiger partial charge in [0.15, 0.2) is 9.84 Å². The maximum absolute atomic E-state index is 11.9. The van der Waals surface area contributed by atoms with Crippen LogP contribution in [-0.4, -0.2) is 44.0 Å². The van der Waals surface area contributed by atoms with Gasteiger partial charge in [0.1, 0.15) is 0 Å². The lowest BCUT2D eigenvalue weighted by Gasteiger charge is -2.19. The van der Waals surface area contributed by atoms with Gasteiger partial charge >= 0.3 is 0 Å². The van der Waals surface area contributed by atoms with E-state index in [4.69, 9.17) is 0 Å². The highest BCUT2D eigenvalue weighted by Crippen LogP contribution is 2.19. The van der Waals surface area contributed by atoms with Crippen LogP contribution >= 0.6 is 0 Å². The van der Waals surface area contributed by atoms with Crippen LogP contribution in [0.15, 0.2) is 0 Å². The molecule has 0 aromatic carbocycles. The van der Waals surface area contributed by atoms with Crippen LogP contribution in [0, 0.1) is 0 Å². The summed E-state index contributed by atoms with van der Waals surface area (Å²) >= 11 is 0. The third-order valence-electron chi connectivity index (χ3n) is 3.62. The van der Waals surface area contributed by atoms with Crippen LogP contribution in [0.4, 0.5) is 0 Å². The number of carbonyl (C=O) groups is 1. The minimum Gasteiger partial charge on any atom is -0.352 e. The van der Waals surface area contributed by atoms with Crippen LogP contribution in [0.5, 0.6) is 0 Å². The predicted octanol–water partition coefficient (Wildman–Crippen LogP) is 0.847. The van der Waals surface area contributed by atoms with Crippen molar-refractivity contribution in [1.82, 2.24) is 10.6 Å². The molecule has 5 nitrogen and oxygen atoms in total. The largest absolute Gasteiger partial charge is 0.352 e. The normalized spacial score (nSPS) is 24.9. The summed E-state index contributed by atoms with van der Waals surface area (Å²) in [6.07, 6.45) is 3.43. The molecule has 1 heterocycles. The van der Waals surface area contributed by atoms with Crippen LogP contribution in [0.2, 0.25) is 0 Å². The number of sulfone groups is 1. The van der Waals surface area contributed by atoms with Gasteiger partial charge in [0.2, 0.25) is 5.91 Å². The van der Waals surface area contributed by atoms with Gasteiger partial charge in [-0.05, 0) is 33.1 Å². The Morgan fingerprint density at radius 3 is 2.58 bits per heavy atom. The molecule has 1 amide bonds. The number of hydrogen-bond acceptors (Lipinski definition) is 4. The van der Waals surface area contributed by atoms with E-state index < -0.39 is 9.84 Å². The molecule has 1 aliphatic heterocycles. The van der Waals surface area contributed by atoms with E-state index in [0.29, 0.717) is 13.0 Å². The molecule has 1 fully saturated rings. The molecule has 3 atom stereocenters. The fraction of sp³-hybridized carbons (Fsp3) is 0.923. The van der Waals surface area contributed by atoms with Crippen molar-refractivity contribution in [1.29, 1.82) is 0 Å². The Hall–Kier alpha value is -0.620. The quantitative estimate of drug-likeness (QED) is 0.729. The topological polar surface area (TPSA) is 75.3 Å². The SMILES string of the molecule is CCCC(C)NC(=O)C(C)NCC1CCCS1(=O)=O. The van der Waals surface area contributed by atoms with E-state index in [1.165, 1.54) is 0 Å². The van der Waals surface area contributed by atoms with Crippen molar-refractivity contribution in [2.75, 3.05) is 12.3 Å². The molecule has 0 aromatic rings. The van der Waals surface area contributed by atoms with Crippen molar-refractivity contribution in [2.24, 2.45) is 0 Å². The summed E-state index contributed by atoms with van der Waals surface area (Å²) < 4.78 is 23.3. The highest BCUT2D eigenvalue weighted by atomic mass is 32.2. The summed E-state index contributed by atoms with van der Waals surface area (Å²) in [6, 6.07) is -0.188. The third-order valence-corrected chi connectivity index (χ3v) is 5.89. The molecule has 2 N–H and O–H groups in total. The van der Waals surface area contributed by atoms with E-state index >= 15 is 0 Å². The third kappa shape index (κ3) is 5.10. The van der Waals surface area contributed by atoms with Gasteiger partial charge < -0.3 is 10.6 Å². The molecule has 19 heavy (non-hydrogen) atoms. The summed E-state index contributed by atoms with van der Waals surface area (Å²) in [5.74, 6) is 0.226. The Morgan fingerprint density at radius 1 is 1.37 bits per heavy atom. The Balaban J connectivity index is 2.34. The number of amides is 1. The second-order valence-corrected chi connectivity index (χ2v) is 7.86.